The summed E-state index contributed by atoms with van der Waals surface area (Å²) in [6.07, 6.45) is 0. The molecule has 132 valence electrons. The van der Waals surface area contributed by atoms with Crippen LogP contribution in [0.3, 0.4) is 0 Å². The Morgan fingerprint density at radius 2 is 1.78 bits per heavy atom. The largest absolute Gasteiger partial charge is 0.493 e. The van der Waals surface area contributed by atoms with E-state index in [1.54, 1.807) is 0 Å². The third-order valence-corrected chi connectivity index (χ3v) is 3.56. The van der Waals surface area contributed by atoms with Crippen LogP contribution < -0.4 is 15.4 Å². The van der Waals surface area contributed by atoms with E-state index in [1.807, 2.05) is 38.1 Å². The van der Waals surface area contributed by atoms with Gasteiger partial charge in [0.15, 0.2) is 0 Å². The number of amides is 1. The Bertz CT molecular complexity index is 459. The van der Waals surface area contributed by atoms with Crippen molar-refractivity contribution in [3.05, 3.63) is 29.8 Å². The molecule has 0 heterocycles. The maximum atomic E-state index is 12.4. The summed E-state index contributed by atoms with van der Waals surface area (Å²) in [6.45, 7) is 13.2. The third kappa shape index (κ3) is 7.23. The van der Waals surface area contributed by atoms with Crippen molar-refractivity contribution in [2.75, 3.05) is 26.2 Å². The second kappa shape index (κ2) is 10.5. The minimum absolute atomic E-state index is 0. The van der Waals surface area contributed by atoms with Crippen LogP contribution in [0.25, 0.3) is 0 Å². The summed E-state index contributed by atoms with van der Waals surface area (Å²) in [5, 5.41) is 6.17. The number of nitrogens with one attached hydrogen (secondary N) is 2. The highest BCUT2D eigenvalue weighted by molar-refractivity contribution is 5.87. The van der Waals surface area contributed by atoms with Gasteiger partial charge in [-0.2, -0.15) is 0 Å². The first-order chi connectivity index (χ1) is 10.4. The molecule has 0 spiro atoms. The average Bonchev–Trinajstić information content (AvgIpc) is 2.49. The number of ether oxygens (including phenoxy) is 1. The van der Waals surface area contributed by atoms with Crippen LogP contribution in [0.1, 0.15) is 40.2 Å². The van der Waals surface area contributed by atoms with Crippen LogP contribution in [-0.4, -0.2) is 32.1 Å². The van der Waals surface area contributed by atoms with E-state index in [-0.39, 0.29) is 18.3 Å². The van der Waals surface area contributed by atoms with Crippen molar-refractivity contribution in [1.29, 1.82) is 0 Å². The third-order valence-electron chi connectivity index (χ3n) is 3.56. The van der Waals surface area contributed by atoms with Crippen LogP contribution in [0.15, 0.2) is 24.3 Å². The molecule has 0 unspecified atom stereocenters. The fourth-order valence-corrected chi connectivity index (χ4v) is 2.02. The van der Waals surface area contributed by atoms with Crippen LogP contribution in [0.2, 0.25) is 0 Å². The Morgan fingerprint density at radius 1 is 1.17 bits per heavy atom. The lowest BCUT2D eigenvalue weighted by molar-refractivity contribution is -0.125. The van der Waals surface area contributed by atoms with Crippen molar-refractivity contribution < 1.29 is 9.53 Å². The summed E-state index contributed by atoms with van der Waals surface area (Å²) in [4.78, 5) is 12.4. The van der Waals surface area contributed by atoms with E-state index in [9.17, 15) is 4.79 Å². The van der Waals surface area contributed by atoms with Crippen LogP contribution >= 0.6 is 12.4 Å². The van der Waals surface area contributed by atoms with Gasteiger partial charge in [-0.1, -0.05) is 32.9 Å². The molecule has 1 aromatic rings. The maximum absolute atomic E-state index is 12.4. The number of halogens is 1. The Balaban J connectivity index is 0.00000484. The fourth-order valence-electron chi connectivity index (χ4n) is 2.02. The topological polar surface area (TPSA) is 50.4 Å². The lowest BCUT2D eigenvalue weighted by atomic mass is 9.83. The van der Waals surface area contributed by atoms with Gasteiger partial charge in [-0.05, 0) is 44.0 Å². The second-order valence-corrected chi connectivity index (χ2v) is 6.46. The molecule has 2 N–H and O–H groups in total. The van der Waals surface area contributed by atoms with Gasteiger partial charge >= 0.3 is 0 Å². The minimum Gasteiger partial charge on any atom is -0.493 e. The van der Waals surface area contributed by atoms with E-state index in [2.05, 4.69) is 31.4 Å². The molecule has 23 heavy (non-hydrogen) atoms. The van der Waals surface area contributed by atoms with Gasteiger partial charge in [0.05, 0.1) is 12.0 Å². The van der Waals surface area contributed by atoms with Gasteiger partial charge < -0.3 is 15.4 Å². The van der Waals surface area contributed by atoms with Crippen molar-refractivity contribution in [3.8, 4) is 5.75 Å². The average molecular weight is 343 g/mol. The highest BCUT2D eigenvalue weighted by atomic mass is 35.5. The summed E-state index contributed by atoms with van der Waals surface area (Å²) in [6, 6.07) is 7.82. The van der Waals surface area contributed by atoms with E-state index >= 15 is 0 Å². The molecule has 0 aliphatic rings. The second-order valence-electron chi connectivity index (χ2n) is 6.46. The monoisotopic (exact) mass is 342 g/mol. The van der Waals surface area contributed by atoms with Gasteiger partial charge in [-0.25, -0.2) is 0 Å². The summed E-state index contributed by atoms with van der Waals surface area (Å²) >= 11 is 0. The molecule has 0 saturated carbocycles. The molecule has 1 aromatic carbocycles. The lowest BCUT2D eigenvalue weighted by Gasteiger charge is -2.24. The van der Waals surface area contributed by atoms with E-state index < -0.39 is 5.41 Å². The van der Waals surface area contributed by atoms with Gasteiger partial charge in [-0.3, -0.25) is 4.79 Å². The smallest absolute Gasteiger partial charge is 0.230 e. The summed E-state index contributed by atoms with van der Waals surface area (Å²) in [5.41, 5.74) is 0.438. The molecule has 0 aromatic heterocycles. The Labute approximate surface area is 146 Å². The number of benzene rings is 1. The van der Waals surface area contributed by atoms with Crippen LogP contribution in [0.4, 0.5) is 0 Å². The molecule has 0 aliphatic carbocycles. The van der Waals surface area contributed by atoms with Crippen LogP contribution in [0, 0.1) is 5.92 Å². The summed E-state index contributed by atoms with van der Waals surface area (Å²) in [5.74, 6) is 1.39. The number of rotatable bonds is 9. The van der Waals surface area contributed by atoms with Gasteiger partial charge in [-0.15, -0.1) is 12.4 Å². The molecular formula is C18H31ClN2O2. The molecule has 4 nitrogen and oxygen atoms in total. The molecule has 0 atom stereocenters. The SMILES string of the molecule is CCNCCNC(=O)C(C)(C)c1ccc(OCC(C)C)cc1.Cl. The number of carbonyl (C=O) groups excluding carboxylic acids is 1. The van der Waals surface area contributed by atoms with E-state index in [1.165, 1.54) is 0 Å². The fraction of sp³-hybridized carbons (Fsp3) is 0.611. The Kier molecular flexibility index (Phi) is 9.93. The molecule has 1 rings (SSSR count). The molecule has 0 fully saturated rings. The highest BCUT2D eigenvalue weighted by Gasteiger charge is 2.29. The molecule has 0 saturated heterocycles. The first-order valence-electron chi connectivity index (χ1n) is 8.10. The predicted molar refractivity (Wildman–Crippen MR) is 98.6 cm³/mol. The van der Waals surface area contributed by atoms with Gasteiger partial charge in [0.25, 0.3) is 0 Å². The molecular weight excluding hydrogens is 312 g/mol. The first-order valence-corrected chi connectivity index (χ1v) is 8.10. The number of carbonyl (C=O) groups is 1. The van der Waals surface area contributed by atoms with Gasteiger partial charge in [0, 0.05) is 13.1 Å². The highest BCUT2D eigenvalue weighted by Crippen LogP contribution is 2.25. The molecule has 0 bridgehead atoms. The van der Waals surface area contributed by atoms with Gasteiger partial charge in [0.1, 0.15) is 5.75 Å². The van der Waals surface area contributed by atoms with Crippen molar-refractivity contribution in [2.24, 2.45) is 5.92 Å². The van der Waals surface area contributed by atoms with E-state index in [4.69, 9.17) is 4.74 Å². The Hall–Kier alpha value is -1.26. The van der Waals surface area contributed by atoms with Crippen molar-refractivity contribution in [1.82, 2.24) is 10.6 Å². The first kappa shape index (κ1) is 21.7. The van der Waals surface area contributed by atoms with Crippen LogP contribution in [-0.2, 0) is 10.2 Å². The Morgan fingerprint density at radius 3 is 2.30 bits per heavy atom. The van der Waals surface area contributed by atoms with Crippen LogP contribution in [0.5, 0.6) is 5.75 Å². The lowest BCUT2D eigenvalue weighted by Crippen LogP contribution is -2.42. The van der Waals surface area contributed by atoms with Gasteiger partial charge in [0.2, 0.25) is 5.91 Å². The van der Waals surface area contributed by atoms with Crippen molar-refractivity contribution >= 4 is 18.3 Å². The van der Waals surface area contributed by atoms with Crippen molar-refractivity contribution in [2.45, 2.75) is 40.0 Å². The quantitative estimate of drug-likeness (QED) is 0.678. The molecule has 0 aliphatic heterocycles. The van der Waals surface area contributed by atoms with Crippen molar-refractivity contribution in [3.63, 3.8) is 0 Å². The zero-order chi connectivity index (χ0) is 16.6. The summed E-state index contributed by atoms with van der Waals surface area (Å²) < 4.78 is 5.68. The molecule has 5 heteroatoms. The van der Waals surface area contributed by atoms with E-state index in [0.29, 0.717) is 19.1 Å². The number of hydrogen-bond donors (Lipinski definition) is 2. The zero-order valence-electron chi connectivity index (χ0n) is 14.9. The normalized spacial score (nSPS) is 11.0. The van der Waals surface area contributed by atoms with E-state index in [0.717, 1.165) is 24.4 Å². The molecule has 0 radical (unpaired) electrons. The molecule has 1 amide bonds. The predicted octanol–water partition coefficient (Wildman–Crippen LogP) is 3.15. The number of hydrogen-bond acceptors (Lipinski definition) is 3. The summed E-state index contributed by atoms with van der Waals surface area (Å²) in [7, 11) is 0. The standard InChI is InChI=1S/C18H30N2O2.ClH/c1-6-19-11-12-20-17(21)18(4,5)15-7-9-16(10-8-15)22-13-14(2)3;/h7-10,14,19H,6,11-13H2,1-5H3,(H,20,21);1H. The maximum Gasteiger partial charge on any atom is 0.230 e. The zero-order valence-corrected chi connectivity index (χ0v) is 15.8. The number of likely N-dealkylation sites (N-methyl/N-ethyl adjacent to an activating group) is 1. The minimum atomic E-state index is -0.553.